The van der Waals surface area contributed by atoms with Crippen LogP contribution in [0.4, 0.5) is 8.78 Å². The second-order valence-electron chi connectivity index (χ2n) is 6.78. The number of benzene rings is 3. The fourth-order valence-electron chi connectivity index (χ4n) is 2.90. The third kappa shape index (κ3) is 5.50. The third-order valence-corrected chi connectivity index (χ3v) is 5.99. The van der Waals surface area contributed by atoms with Gasteiger partial charge < -0.3 is 4.74 Å². The number of esters is 1. The molecule has 162 valence electrons. The van der Waals surface area contributed by atoms with Crippen molar-refractivity contribution in [3.05, 3.63) is 77.9 Å². The first kappa shape index (κ1) is 22.5. The number of hydrogen-bond acceptors (Lipinski definition) is 5. The Morgan fingerprint density at radius 2 is 1.68 bits per heavy atom. The minimum absolute atomic E-state index is 0.0569. The van der Waals surface area contributed by atoms with Crippen LogP contribution in [0, 0.1) is 11.6 Å². The van der Waals surface area contributed by atoms with E-state index in [0.717, 1.165) is 29.0 Å². The molecule has 1 N–H and O–H groups in total. The largest absolute Gasteiger partial charge is 0.454 e. The van der Waals surface area contributed by atoms with Crippen molar-refractivity contribution in [2.45, 2.75) is 24.3 Å². The molecular weight excluding hydrogens is 428 g/mol. The molecule has 6 nitrogen and oxygen atoms in total. The van der Waals surface area contributed by atoms with Gasteiger partial charge in [-0.3, -0.25) is 9.59 Å². The van der Waals surface area contributed by atoms with Gasteiger partial charge in [0.25, 0.3) is 0 Å². The van der Waals surface area contributed by atoms with Gasteiger partial charge in [-0.15, -0.1) is 0 Å². The summed E-state index contributed by atoms with van der Waals surface area (Å²) >= 11 is 0. The Morgan fingerprint density at radius 1 is 0.968 bits per heavy atom. The van der Waals surface area contributed by atoms with E-state index in [0.29, 0.717) is 0 Å². The molecule has 0 aliphatic heterocycles. The Kier molecular flexibility index (Phi) is 6.77. The zero-order chi connectivity index (χ0) is 22.6. The number of carbonyl (C=O) groups is 2. The smallest absolute Gasteiger partial charge is 0.307 e. The highest BCUT2D eigenvalue weighted by Crippen LogP contribution is 2.19. The maximum absolute atomic E-state index is 13.3. The van der Waals surface area contributed by atoms with Gasteiger partial charge in [-0.2, -0.15) is 0 Å². The molecule has 31 heavy (non-hydrogen) atoms. The van der Waals surface area contributed by atoms with Gasteiger partial charge in [0.2, 0.25) is 15.8 Å². The number of ether oxygens (including phenoxy) is 1. The molecular formula is C22H19F2NO5S. The molecule has 0 amide bonds. The van der Waals surface area contributed by atoms with Crippen LogP contribution >= 0.6 is 0 Å². The number of ketones is 1. The number of sulfonamides is 1. The molecule has 0 saturated heterocycles. The molecule has 0 aliphatic carbocycles. The van der Waals surface area contributed by atoms with Crippen LogP contribution in [0.3, 0.4) is 0 Å². The Morgan fingerprint density at radius 3 is 2.39 bits per heavy atom. The minimum Gasteiger partial charge on any atom is -0.454 e. The monoisotopic (exact) mass is 447 g/mol. The number of fused-ring (bicyclic) bond motifs is 1. The van der Waals surface area contributed by atoms with Gasteiger partial charge in [-0.1, -0.05) is 30.3 Å². The first-order valence-corrected chi connectivity index (χ1v) is 10.8. The molecule has 0 spiro atoms. The average Bonchev–Trinajstić information content (AvgIpc) is 2.74. The van der Waals surface area contributed by atoms with Crippen LogP contribution in [0.1, 0.15) is 23.7 Å². The lowest BCUT2D eigenvalue weighted by atomic mass is 10.1. The van der Waals surface area contributed by atoms with Crippen molar-refractivity contribution >= 4 is 32.5 Å². The zero-order valence-corrected chi connectivity index (χ0v) is 17.3. The summed E-state index contributed by atoms with van der Waals surface area (Å²) in [4.78, 5) is 24.2. The maximum atomic E-state index is 13.3. The highest BCUT2D eigenvalue weighted by molar-refractivity contribution is 7.89. The van der Waals surface area contributed by atoms with Gasteiger partial charge in [0, 0.05) is 12.1 Å². The Hall–Kier alpha value is -3.17. The van der Waals surface area contributed by atoms with Crippen LogP contribution in [0.25, 0.3) is 10.8 Å². The molecule has 3 aromatic carbocycles. The summed E-state index contributed by atoms with van der Waals surface area (Å²) in [6.45, 7) is 1.06. The van der Waals surface area contributed by atoms with Gasteiger partial charge in [-0.05, 0) is 48.0 Å². The predicted octanol–water partition coefficient (Wildman–Crippen LogP) is 3.60. The number of halogens is 2. The van der Waals surface area contributed by atoms with E-state index in [9.17, 15) is 26.8 Å². The summed E-state index contributed by atoms with van der Waals surface area (Å²) in [6.07, 6.45) is -1.56. The van der Waals surface area contributed by atoms with E-state index < -0.39 is 39.5 Å². The normalized spacial score (nSPS) is 12.5. The van der Waals surface area contributed by atoms with Crippen LogP contribution in [0.5, 0.6) is 0 Å². The van der Waals surface area contributed by atoms with Gasteiger partial charge in [0.05, 0.1) is 11.3 Å². The standard InChI is InChI=1S/C22H19F2NO5S/c1-14(22(27)17-7-9-19(23)20(24)13-17)30-21(26)10-11-25-31(28,29)18-8-6-15-4-2-3-5-16(15)12-18/h2-9,12-14,25H,10-11H2,1H3/t14-/m0/s1. The summed E-state index contributed by atoms with van der Waals surface area (Å²) in [5.41, 5.74) is -0.142. The Labute approximate surface area is 177 Å². The fraction of sp³-hybridized carbons (Fsp3) is 0.182. The second-order valence-corrected chi connectivity index (χ2v) is 8.55. The van der Waals surface area contributed by atoms with Gasteiger partial charge in [0.15, 0.2) is 17.7 Å². The maximum Gasteiger partial charge on any atom is 0.307 e. The molecule has 0 aromatic heterocycles. The van der Waals surface area contributed by atoms with Gasteiger partial charge >= 0.3 is 5.97 Å². The van der Waals surface area contributed by atoms with Crippen LogP contribution in [-0.4, -0.2) is 32.8 Å². The summed E-state index contributed by atoms with van der Waals surface area (Å²) in [7, 11) is -3.85. The van der Waals surface area contributed by atoms with E-state index in [-0.39, 0.29) is 23.4 Å². The zero-order valence-electron chi connectivity index (χ0n) is 16.5. The SMILES string of the molecule is C[C@H](OC(=O)CCNS(=O)(=O)c1ccc2ccccc2c1)C(=O)c1ccc(F)c(F)c1. The van der Waals surface area contributed by atoms with Crippen LogP contribution < -0.4 is 4.72 Å². The summed E-state index contributed by atoms with van der Waals surface area (Å²) < 4.78 is 58.4. The molecule has 3 rings (SSSR count). The number of rotatable bonds is 8. The first-order valence-electron chi connectivity index (χ1n) is 9.34. The molecule has 0 fully saturated rings. The number of hydrogen-bond donors (Lipinski definition) is 1. The molecule has 0 heterocycles. The quantitative estimate of drug-likeness (QED) is 0.421. The molecule has 0 radical (unpaired) electrons. The van der Waals surface area contributed by atoms with Gasteiger partial charge in [-0.25, -0.2) is 21.9 Å². The van der Waals surface area contributed by atoms with Crippen molar-refractivity contribution in [3.8, 4) is 0 Å². The second kappa shape index (κ2) is 9.32. The summed E-state index contributed by atoms with van der Waals surface area (Å²) in [5.74, 6) is -3.80. The van der Waals surface area contributed by atoms with Crippen molar-refractivity contribution in [1.29, 1.82) is 0 Å². The molecule has 3 aromatic rings. The molecule has 9 heteroatoms. The number of nitrogens with one attached hydrogen (secondary N) is 1. The Balaban J connectivity index is 1.54. The molecule has 0 unspecified atom stereocenters. The lowest BCUT2D eigenvalue weighted by molar-refractivity contribution is -0.146. The first-order chi connectivity index (χ1) is 14.7. The van der Waals surface area contributed by atoms with E-state index in [1.165, 1.54) is 19.1 Å². The molecule has 0 saturated carbocycles. The van der Waals surface area contributed by atoms with E-state index in [2.05, 4.69) is 4.72 Å². The lowest BCUT2D eigenvalue weighted by Gasteiger charge is -2.13. The highest BCUT2D eigenvalue weighted by Gasteiger charge is 2.21. The van der Waals surface area contributed by atoms with Crippen LogP contribution in [-0.2, 0) is 19.6 Å². The minimum atomic E-state index is -3.85. The number of carbonyl (C=O) groups excluding carboxylic acids is 2. The predicted molar refractivity (Wildman–Crippen MR) is 110 cm³/mol. The van der Waals surface area contributed by atoms with Crippen molar-refractivity contribution in [1.82, 2.24) is 4.72 Å². The molecule has 0 bridgehead atoms. The average molecular weight is 447 g/mol. The molecule has 1 atom stereocenters. The van der Waals surface area contributed by atoms with Crippen molar-refractivity contribution in [3.63, 3.8) is 0 Å². The van der Waals surface area contributed by atoms with E-state index in [1.807, 2.05) is 12.1 Å². The van der Waals surface area contributed by atoms with Crippen molar-refractivity contribution in [2.24, 2.45) is 0 Å². The third-order valence-electron chi connectivity index (χ3n) is 4.53. The molecule has 0 aliphatic rings. The number of Topliss-reactive ketones (excluding diaryl/α,β-unsaturated/α-hetero) is 1. The fourth-order valence-corrected chi connectivity index (χ4v) is 3.97. The Bertz CT molecular complexity index is 1240. The van der Waals surface area contributed by atoms with Crippen molar-refractivity contribution in [2.75, 3.05) is 6.54 Å². The van der Waals surface area contributed by atoms with Crippen LogP contribution in [0.2, 0.25) is 0 Å². The van der Waals surface area contributed by atoms with E-state index in [4.69, 9.17) is 4.74 Å². The summed E-state index contributed by atoms with van der Waals surface area (Å²) in [6, 6.07) is 14.6. The topological polar surface area (TPSA) is 89.5 Å². The lowest BCUT2D eigenvalue weighted by Crippen LogP contribution is -2.29. The van der Waals surface area contributed by atoms with Crippen LogP contribution in [0.15, 0.2) is 65.6 Å². The van der Waals surface area contributed by atoms with Gasteiger partial charge in [0.1, 0.15) is 0 Å². The highest BCUT2D eigenvalue weighted by atomic mass is 32.2. The van der Waals surface area contributed by atoms with E-state index >= 15 is 0 Å². The summed E-state index contributed by atoms with van der Waals surface area (Å²) in [5, 5.41) is 1.65. The van der Waals surface area contributed by atoms with Crippen molar-refractivity contribution < 1.29 is 31.5 Å². The van der Waals surface area contributed by atoms with E-state index in [1.54, 1.807) is 18.2 Å².